The number of Topliss-reactive ketones (excluding diaryl/α,β-unsaturated/α-hetero) is 1. The number of nitrogens with zero attached hydrogens (tertiary/aromatic N) is 3. The van der Waals surface area contributed by atoms with Crippen LogP contribution < -0.4 is 0 Å². The number of carbonyl (C=O) groups excluding carboxylic acids is 1. The van der Waals surface area contributed by atoms with E-state index in [9.17, 15) is 14.9 Å². The fraction of sp³-hybridized carbons (Fsp3) is 0.429. The van der Waals surface area contributed by atoms with Crippen molar-refractivity contribution in [2.75, 3.05) is 0 Å². The van der Waals surface area contributed by atoms with Crippen LogP contribution in [0.5, 0.6) is 0 Å². The Hall–Kier alpha value is -1.72. The lowest BCUT2D eigenvalue weighted by atomic mass is 9.91. The Morgan fingerprint density at radius 3 is 2.77 bits per heavy atom. The molecule has 0 bridgehead atoms. The van der Waals surface area contributed by atoms with Crippen molar-refractivity contribution in [3.63, 3.8) is 0 Å². The van der Waals surface area contributed by atoms with Gasteiger partial charge in [-0.3, -0.25) is 4.79 Å². The van der Waals surface area contributed by atoms with E-state index in [-0.39, 0.29) is 17.6 Å². The third kappa shape index (κ3) is 1.30. The third-order valence-corrected chi connectivity index (χ3v) is 2.12. The van der Waals surface area contributed by atoms with Crippen molar-refractivity contribution in [1.82, 2.24) is 9.55 Å². The summed E-state index contributed by atoms with van der Waals surface area (Å²) in [6.45, 7) is 0. The lowest BCUT2D eigenvalue weighted by molar-refractivity contribution is -0.389. The van der Waals surface area contributed by atoms with E-state index < -0.39 is 4.92 Å². The maximum Gasteiger partial charge on any atom is 0.381 e. The molecule has 1 aliphatic carbocycles. The lowest BCUT2D eigenvalue weighted by Gasteiger charge is -2.23. The van der Waals surface area contributed by atoms with Crippen molar-refractivity contribution >= 4 is 11.6 Å². The van der Waals surface area contributed by atoms with Gasteiger partial charge < -0.3 is 14.7 Å². The molecule has 1 saturated carbocycles. The number of hydrogen-bond acceptors (Lipinski definition) is 4. The molecule has 0 unspecified atom stereocenters. The molecule has 0 aliphatic heterocycles. The molecule has 2 rings (SSSR count). The Bertz CT molecular complexity index is 363. The van der Waals surface area contributed by atoms with Gasteiger partial charge in [0.1, 0.15) is 12.0 Å². The summed E-state index contributed by atoms with van der Waals surface area (Å²) in [4.78, 5) is 24.0. The van der Waals surface area contributed by atoms with Gasteiger partial charge in [0.05, 0.1) is 6.04 Å². The topological polar surface area (TPSA) is 78.0 Å². The zero-order chi connectivity index (χ0) is 9.42. The predicted molar refractivity (Wildman–Crippen MR) is 42.2 cm³/mol. The standard InChI is InChI=1S/C7H7N3O3/c11-6-1-5(2-6)9-3-7(8-4-9)10(12)13/h3-5H,1-2H2. The Morgan fingerprint density at radius 2 is 2.31 bits per heavy atom. The van der Waals surface area contributed by atoms with E-state index in [0.717, 1.165) is 0 Å². The number of nitro groups is 1. The van der Waals surface area contributed by atoms with Gasteiger partial charge in [0.15, 0.2) is 0 Å². The molecule has 1 fully saturated rings. The maximum absolute atomic E-state index is 10.7. The molecule has 0 radical (unpaired) electrons. The Kier molecular flexibility index (Phi) is 1.61. The van der Waals surface area contributed by atoms with Gasteiger partial charge in [-0.15, -0.1) is 0 Å². The molecule has 0 amide bonds. The Morgan fingerprint density at radius 1 is 1.62 bits per heavy atom. The Labute approximate surface area is 73.3 Å². The molecular formula is C7H7N3O3. The molecule has 0 saturated heterocycles. The summed E-state index contributed by atoms with van der Waals surface area (Å²) in [6, 6.07) is 0.0775. The molecule has 1 aromatic rings. The van der Waals surface area contributed by atoms with Crippen LogP contribution in [-0.4, -0.2) is 20.3 Å². The van der Waals surface area contributed by atoms with E-state index in [1.54, 1.807) is 4.57 Å². The summed E-state index contributed by atoms with van der Waals surface area (Å²) in [5, 5.41) is 10.3. The maximum atomic E-state index is 10.7. The summed E-state index contributed by atoms with van der Waals surface area (Å²) < 4.78 is 1.62. The summed E-state index contributed by atoms with van der Waals surface area (Å²) in [5.74, 6) is 0.0284. The van der Waals surface area contributed by atoms with Gasteiger partial charge in [0.2, 0.25) is 6.33 Å². The fourth-order valence-electron chi connectivity index (χ4n) is 1.30. The van der Waals surface area contributed by atoms with Crippen LogP contribution in [0.15, 0.2) is 12.5 Å². The quantitative estimate of drug-likeness (QED) is 0.496. The van der Waals surface area contributed by atoms with Crippen LogP contribution >= 0.6 is 0 Å². The number of rotatable bonds is 2. The first-order chi connectivity index (χ1) is 6.16. The van der Waals surface area contributed by atoms with Crippen molar-refractivity contribution in [3.8, 4) is 0 Å². The first kappa shape index (κ1) is 7.90. The second-order valence-electron chi connectivity index (χ2n) is 3.04. The first-order valence-corrected chi connectivity index (χ1v) is 3.86. The van der Waals surface area contributed by atoms with Crippen LogP contribution in [0.3, 0.4) is 0 Å². The van der Waals surface area contributed by atoms with Crippen molar-refractivity contribution in [2.45, 2.75) is 18.9 Å². The zero-order valence-electron chi connectivity index (χ0n) is 6.71. The largest absolute Gasteiger partial charge is 0.381 e. The number of hydrogen-bond donors (Lipinski definition) is 0. The molecule has 1 aromatic heterocycles. The SMILES string of the molecule is O=C1CC(n2cnc([N+](=O)[O-])c2)C1. The fourth-order valence-corrected chi connectivity index (χ4v) is 1.30. The van der Waals surface area contributed by atoms with E-state index in [1.165, 1.54) is 12.5 Å². The monoisotopic (exact) mass is 181 g/mol. The van der Waals surface area contributed by atoms with E-state index in [0.29, 0.717) is 12.8 Å². The van der Waals surface area contributed by atoms with Crippen LogP contribution in [-0.2, 0) is 4.79 Å². The van der Waals surface area contributed by atoms with Crippen LogP contribution in [0.25, 0.3) is 0 Å². The molecule has 0 aromatic carbocycles. The second-order valence-corrected chi connectivity index (χ2v) is 3.04. The molecular weight excluding hydrogens is 174 g/mol. The minimum atomic E-state index is -0.545. The van der Waals surface area contributed by atoms with Crippen LogP contribution in [0.4, 0.5) is 5.82 Å². The molecule has 1 aliphatic rings. The lowest BCUT2D eigenvalue weighted by Crippen LogP contribution is -2.25. The van der Waals surface area contributed by atoms with Crippen molar-refractivity contribution < 1.29 is 9.72 Å². The van der Waals surface area contributed by atoms with Crippen LogP contribution in [0, 0.1) is 10.1 Å². The normalized spacial score (nSPS) is 17.1. The second kappa shape index (κ2) is 2.65. The minimum absolute atomic E-state index is 0.0775. The van der Waals surface area contributed by atoms with Gasteiger partial charge in [-0.05, 0) is 9.91 Å². The van der Waals surface area contributed by atoms with E-state index >= 15 is 0 Å². The zero-order valence-corrected chi connectivity index (χ0v) is 6.71. The number of aromatic nitrogens is 2. The van der Waals surface area contributed by atoms with Gasteiger partial charge in [0.25, 0.3) is 0 Å². The highest BCUT2D eigenvalue weighted by atomic mass is 16.6. The summed E-state index contributed by atoms with van der Waals surface area (Å²) in [7, 11) is 0. The summed E-state index contributed by atoms with van der Waals surface area (Å²) >= 11 is 0. The molecule has 0 spiro atoms. The van der Waals surface area contributed by atoms with Crippen LogP contribution in [0.1, 0.15) is 18.9 Å². The van der Waals surface area contributed by atoms with Crippen LogP contribution in [0.2, 0.25) is 0 Å². The van der Waals surface area contributed by atoms with Crippen molar-refractivity contribution in [1.29, 1.82) is 0 Å². The summed E-state index contributed by atoms with van der Waals surface area (Å²) in [5.41, 5.74) is 0. The van der Waals surface area contributed by atoms with E-state index in [4.69, 9.17) is 0 Å². The van der Waals surface area contributed by atoms with Gasteiger partial charge in [0, 0.05) is 12.8 Å². The van der Waals surface area contributed by atoms with Crippen molar-refractivity contribution in [3.05, 3.63) is 22.6 Å². The number of carbonyl (C=O) groups is 1. The highest BCUT2D eigenvalue weighted by Crippen LogP contribution is 2.28. The number of ketones is 1. The highest BCUT2D eigenvalue weighted by molar-refractivity contribution is 5.85. The van der Waals surface area contributed by atoms with Gasteiger partial charge >= 0.3 is 5.82 Å². The molecule has 0 atom stereocenters. The van der Waals surface area contributed by atoms with E-state index in [2.05, 4.69) is 4.98 Å². The van der Waals surface area contributed by atoms with Gasteiger partial charge in [-0.25, -0.2) is 0 Å². The average molecular weight is 181 g/mol. The van der Waals surface area contributed by atoms with Crippen molar-refractivity contribution in [2.24, 2.45) is 0 Å². The smallest absolute Gasteiger partial charge is 0.358 e. The number of imidazole rings is 1. The first-order valence-electron chi connectivity index (χ1n) is 3.86. The predicted octanol–water partition coefficient (Wildman–Crippen LogP) is 0.695. The third-order valence-electron chi connectivity index (χ3n) is 2.12. The van der Waals surface area contributed by atoms with Gasteiger partial charge in [-0.2, -0.15) is 0 Å². The molecule has 1 heterocycles. The highest BCUT2D eigenvalue weighted by Gasteiger charge is 2.29. The average Bonchev–Trinajstić information content (AvgIpc) is 2.46. The molecule has 68 valence electrons. The Balaban J connectivity index is 2.14. The molecule has 6 nitrogen and oxygen atoms in total. The van der Waals surface area contributed by atoms with Gasteiger partial charge in [-0.1, -0.05) is 0 Å². The van der Waals surface area contributed by atoms with E-state index in [1.807, 2.05) is 0 Å². The summed E-state index contributed by atoms with van der Waals surface area (Å²) in [6.07, 6.45) is 3.69. The molecule has 6 heteroatoms. The minimum Gasteiger partial charge on any atom is -0.358 e. The molecule has 0 N–H and O–H groups in total. The molecule has 13 heavy (non-hydrogen) atoms.